The molecule has 10 nitrogen and oxygen atoms in total. The van der Waals surface area contributed by atoms with Gasteiger partial charge in [-0.3, -0.25) is 4.79 Å². The number of rotatable bonds is 6. The third kappa shape index (κ3) is 2.99. The number of Topliss-reactive ketones (excluding diaryl/α,β-unsaturated/α-hetero) is 1. The lowest BCUT2D eigenvalue weighted by Gasteiger charge is -2.61. The normalized spacial score (nSPS) is 49.6. The molecular formula is C32H36O10. The average molecular weight is 581 g/mol. The maximum atomic E-state index is 13.7. The van der Waals surface area contributed by atoms with Crippen molar-refractivity contribution in [3.63, 3.8) is 0 Å². The summed E-state index contributed by atoms with van der Waals surface area (Å²) in [7, 11) is 0. The lowest BCUT2D eigenvalue weighted by atomic mass is 9.53. The van der Waals surface area contributed by atoms with Crippen LogP contribution in [0.25, 0.3) is 0 Å². The summed E-state index contributed by atoms with van der Waals surface area (Å²) in [5, 5.41) is 34.6. The van der Waals surface area contributed by atoms with Crippen molar-refractivity contribution in [1.82, 2.24) is 0 Å². The van der Waals surface area contributed by atoms with Crippen LogP contribution in [0.5, 0.6) is 0 Å². The Hall–Kier alpha value is -2.70. The van der Waals surface area contributed by atoms with Gasteiger partial charge in [0.25, 0.3) is 0 Å². The molecule has 0 amide bonds. The molecule has 6 aliphatic rings. The molecule has 42 heavy (non-hydrogen) atoms. The van der Waals surface area contributed by atoms with Crippen LogP contribution in [-0.2, 0) is 39.2 Å². The fourth-order valence-electron chi connectivity index (χ4n) is 8.69. The molecule has 3 saturated heterocycles. The molecule has 3 aliphatic carbocycles. The van der Waals surface area contributed by atoms with Gasteiger partial charge in [-0.05, 0) is 31.4 Å². The van der Waals surface area contributed by atoms with Crippen LogP contribution in [0.3, 0.4) is 0 Å². The smallest absolute Gasteiger partial charge is 0.330 e. The number of fused-ring (bicyclic) bond motifs is 3. The number of hydrogen-bond acceptors (Lipinski definition) is 10. The average Bonchev–Trinajstić information content (AvgIpc) is 3.60. The van der Waals surface area contributed by atoms with Crippen LogP contribution in [-0.4, -0.2) is 80.5 Å². The van der Waals surface area contributed by atoms with Crippen LogP contribution in [0.15, 0.2) is 66.3 Å². The highest BCUT2D eigenvalue weighted by atomic mass is 16.9. The number of ether oxygens (including phenoxy) is 5. The van der Waals surface area contributed by atoms with Crippen molar-refractivity contribution in [2.24, 2.45) is 17.8 Å². The minimum atomic E-state index is -2.40. The van der Waals surface area contributed by atoms with Crippen molar-refractivity contribution in [3.05, 3.63) is 71.8 Å². The van der Waals surface area contributed by atoms with Crippen LogP contribution in [0, 0.1) is 17.8 Å². The van der Waals surface area contributed by atoms with Gasteiger partial charge >= 0.3 is 11.9 Å². The second-order valence-electron chi connectivity index (χ2n) is 12.6. The molecule has 3 N–H and O–H groups in total. The monoisotopic (exact) mass is 580 g/mol. The molecule has 12 unspecified atom stereocenters. The molecular weight excluding hydrogens is 544 g/mol. The van der Waals surface area contributed by atoms with Gasteiger partial charge in [-0.2, -0.15) is 0 Å². The lowest BCUT2D eigenvalue weighted by molar-refractivity contribution is -0.440. The highest BCUT2D eigenvalue weighted by molar-refractivity contribution is 6.05. The van der Waals surface area contributed by atoms with Gasteiger partial charge in [-0.1, -0.05) is 62.9 Å². The molecule has 224 valence electrons. The largest absolute Gasteiger partial charge is 0.455 e. The van der Waals surface area contributed by atoms with Crippen LogP contribution in [0.4, 0.5) is 0 Å². The van der Waals surface area contributed by atoms with Gasteiger partial charge in [0.15, 0.2) is 17.0 Å². The van der Waals surface area contributed by atoms with E-state index in [1.165, 1.54) is 6.08 Å². The zero-order valence-corrected chi connectivity index (χ0v) is 24.0. The number of esters is 1. The third-order valence-corrected chi connectivity index (χ3v) is 10.6. The number of aliphatic hydroxyl groups excluding tert-OH is 2. The first-order chi connectivity index (χ1) is 19.9. The van der Waals surface area contributed by atoms with E-state index in [2.05, 4.69) is 6.58 Å². The van der Waals surface area contributed by atoms with Gasteiger partial charge in [0.05, 0.1) is 12.2 Å². The van der Waals surface area contributed by atoms with E-state index < -0.39 is 88.9 Å². The van der Waals surface area contributed by atoms with Crippen LogP contribution < -0.4 is 0 Å². The highest BCUT2D eigenvalue weighted by Gasteiger charge is 2.90. The van der Waals surface area contributed by atoms with Gasteiger partial charge in [0.2, 0.25) is 0 Å². The summed E-state index contributed by atoms with van der Waals surface area (Å²) in [4.78, 5) is 26.9. The van der Waals surface area contributed by atoms with Crippen molar-refractivity contribution < 1.29 is 48.6 Å². The fourth-order valence-corrected chi connectivity index (χ4v) is 8.69. The summed E-state index contributed by atoms with van der Waals surface area (Å²) >= 11 is 0. The summed E-state index contributed by atoms with van der Waals surface area (Å²) in [6.07, 6.45) is 0.660. The molecule has 3 heterocycles. The van der Waals surface area contributed by atoms with Crippen molar-refractivity contribution in [2.75, 3.05) is 6.61 Å². The number of ketones is 1. The standard InChI is InChI=1S/C32H36O10/c1-6-7-13-21(34)38-24-18(5)31-20-14-17(4)23(35)29(20,37)27(36)28(15-33)25(39-28)22(31)26-30(24,16(2)3)41-32(40-26,42-31)19-11-9-8-10-12-19/h7-14,18,20,22,24-27,33,36-37H,2,6,15H2,1,3-5H3. The Morgan fingerprint density at radius 2 is 1.88 bits per heavy atom. The van der Waals surface area contributed by atoms with Crippen LogP contribution in [0.2, 0.25) is 0 Å². The maximum Gasteiger partial charge on any atom is 0.330 e. The zero-order valence-electron chi connectivity index (χ0n) is 24.0. The highest BCUT2D eigenvalue weighted by Crippen LogP contribution is 2.74. The predicted molar refractivity (Wildman–Crippen MR) is 145 cm³/mol. The zero-order chi connectivity index (χ0) is 30.0. The molecule has 3 bridgehead atoms. The Morgan fingerprint density at radius 3 is 2.52 bits per heavy atom. The molecule has 1 aromatic carbocycles. The molecule has 5 fully saturated rings. The fraction of sp³-hybridized carbons (Fsp3) is 0.562. The molecule has 1 aromatic rings. The number of aliphatic hydroxyl groups is 3. The van der Waals surface area contributed by atoms with Gasteiger partial charge in [-0.25, -0.2) is 4.79 Å². The van der Waals surface area contributed by atoms with Crippen LogP contribution in [0.1, 0.15) is 39.7 Å². The first kappa shape index (κ1) is 28.1. The molecule has 3 aliphatic heterocycles. The lowest BCUT2D eigenvalue weighted by Crippen LogP contribution is -2.76. The predicted octanol–water partition coefficient (Wildman–Crippen LogP) is 1.82. The molecule has 2 saturated carbocycles. The maximum absolute atomic E-state index is 13.7. The number of epoxide rings is 1. The number of benzene rings is 1. The third-order valence-electron chi connectivity index (χ3n) is 10.6. The molecule has 0 spiro atoms. The van der Waals surface area contributed by atoms with Crippen molar-refractivity contribution in [3.8, 4) is 0 Å². The number of carbonyl (C=O) groups is 2. The van der Waals surface area contributed by atoms with E-state index in [0.29, 0.717) is 17.6 Å². The Kier molecular flexibility index (Phi) is 5.81. The van der Waals surface area contributed by atoms with E-state index in [1.807, 2.05) is 19.9 Å². The van der Waals surface area contributed by atoms with E-state index in [0.717, 1.165) is 0 Å². The second-order valence-corrected chi connectivity index (χ2v) is 12.6. The quantitative estimate of drug-likeness (QED) is 0.197. The number of carbonyl (C=O) groups excluding carboxylic acids is 2. The Morgan fingerprint density at radius 1 is 1.17 bits per heavy atom. The summed E-state index contributed by atoms with van der Waals surface area (Å²) in [5.41, 5.74) is -5.76. The van der Waals surface area contributed by atoms with E-state index in [4.69, 9.17) is 23.7 Å². The van der Waals surface area contributed by atoms with Gasteiger partial charge in [-0.15, -0.1) is 0 Å². The van der Waals surface area contributed by atoms with Gasteiger partial charge in [0, 0.05) is 29.4 Å². The Bertz CT molecular complexity index is 1440. The van der Waals surface area contributed by atoms with E-state index in [-0.39, 0.29) is 5.57 Å². The first-order valence-electron chi connectivity index (χ1n) is 14.5. The van der Waals surface area contributed by atoms with E-state index in [1.54, 1.807) is 50.3 Å². The first-order valence-corrected chi connectivity index (χ1v) is 14.5. The number of hydrogen-bond donors (Lipinski definition) is 3. The van der Waals surface area contributed by atoms with Gasteiger partial charge < -0.3 is 39.0 Å². The van der Waals surface area contributed by atoms with E-state index in [9.17, 15) is 24.9 Å². The molecule has 12 atom stereocenters. The molecule has 7 rings (SSSR count). The van der Waals surface area contributed by atoms with Crippen molar-refractivity contribution >= 4 is 11.8 Å². The Labute approximate surface area is 243 Å². The Balaban J connectivity index is 1.53. The van der Waals surface area contributed by atoms with Gasteiger partial charge in [0.1, 0.15) is 30.0 Å². The summed E-state index contributed by atoms with van der Waals surface area (Å²) in [6.45, 7) is 10.7. The molecule has 0 radical (unpaired) electrons. The second kappa shape index (κ2) is 8.69. The van der Waals surface area contributed by atoms with Crippen molar-refractivity contribution in [2.45, 2.75) is 86.9 Å². The summed E-state index contributed by atoms with van der Waals surface area (Å²) in [5.74, 6) is -5.77. The minimum absolute atomic E-state index is 0.238. The SMILES string of the molecule is C=C(C)C12OC3(c4ccccc4)OC1C1C4OC4(CO)C(O)C4(O)C(=O)C(C)=CC4C1(O3)C(C)C2OC(=O)C=CCC. The van der Waals surface area contributed by atoms with Crippen LogP contribution >= 0.6 is 0 Å². The minimum Gasteiger partial charge on any atom is -0.455 e. The molecule has 10 heteroatoms. The van der Waals surface area contributed by atoms with Crippen molar-refractivity contribution in [1.29, 1.82) is 0 Å². The summed E-state index contributed by atoms with van der Waals surface area (Å²) in [6, 6.07) is 9.01. The van der Waals surface area contributed by atoms with E-state index >= 15 is 0 Å². The topological polar surface area (TPSA) is 144 Å². The molecule has 0 aromatic heterocycles. The summed E-state index contributed by atoms with van der Waals surface area (Å²) < 4.78 is 33.0. The number of allylic oxidation sites excluding steroid dienone is 1.